The number of halogens is 1. The van der Waals surface area contributed by atoms with Crippen LogP contribution < -0.4 is 15.2 Å². The highest BCUT2D eigenvalue weighted by Gasteiger charge is 2.25. The Hall–Kier alpha value is -1.27. The van der Waals surface area contributed by atoms with Gasteiger partial charge < -0.3 is 20.1 Å². The smallest absolute Gasteiger partial charge is 0.254 e. The number of hydrogen-bond acceptors (Lipinski definition) is 4. The zero-order chi connectivity index (χ0) is 14.0. The molecule has 1 aliphatic rings. The second-order valence-corrected chi connectivity index (χ2v) is 5.29. The number of hydrogen-bond donors (Lipinski definition) is 1. The number of rotatable bonds is 3. The third-order valence-electron chi connectivity index (χ3n) is 3.20. The Labute approximate surface area is 120 Å². The number of carbonyl (C=O) groups excluding carboxylic acids is 1. The number of methoxy groups -OCH3 is 2. The lowest BCUT2D eigenvalue weighted by Gasteiger charge is -2.17. The lowest BCUT2D eigenvalue weighted by molar-refractivity contribution is 0.0790. The second kappa shape index (κ2) is 5.79. The molecule has 2 rings (SSSR count). The van der Waals surface area contributed by atoms with Crippen molar-refractivity contribution in [1.82, 2.24) is 4.90 Å². The first-order valence-electron chi connectivity index (χ1n) is 6.03. The van der Waals surface area contributed by atoms with Crippen molar-refractivity contribution in [2.24, 2.45) is 5.73 Å². The van der Waals surface area contributed by atoms with Crippen molar-refractivity contribution in [3.63, 3.8) is 0 Å². The lowest BCUT2D eigenvalue weighted by Crippen LogP contribution is -2.31. The molecule has 0 aromatic heterocycles. The van der Waals surface area contributed by atoms with Crippen LogP contribution in [0.5, 0.6) is 11.5 Å². The first-order valence-corrected chi connectivity index (χ1v) is 6.82. The zero-order valence-corrected chi connectivity index (χ0v) is 12.6. The van der Waals surface area contributed by atoms with Crippen molar-refractivity contribution in [2.45, 2.75) is 12.5 Å². The van der Waals surface area contributed by atoms with Crippen molar-refractivity contribution >= 4 is 21.8 Å². The summed E-state index contributed by atoms with van der Waals surface area (Å²) in [7, 11) is 3.11. The second-order valence-electron chi connectivity index (χ2n) is 4.49. The van der Waals surface area contributed by atoms with Gasteiger partial charge in [0.1, 0.15) is 16.0 Å². The van der Waals surface area contributed by atoms with Crippen LogP contribution >= 0.6 is 15.9 Å². The van der Waals surface area contributed by atoms with Gasteiger partial charge in [-0.2, -0.15) is 0 Å². The maximum Gasteiger partial charge on any atom is 0.254 e. The highest BCUT2D eigenvalue weighted by molar-refractivity contribution is 9.10. The Bertz CT molecular complexity index is 468. The monoisotopic (exact) mass is 328 g/mol. The molecular formula is C13H17BrN2O3. The van der Waals surface area contributed by atoms with Gasteiger partial charge in [0, 0.05) is 24.7 Å². The van der Waals surface area contributed by atoms with E-state index in [9.17, 15) is 4.79 Å². The van der Waals surface area contributed by atoms with Gasteiger partial charge in [-0.3, -0.25) is 4.79 Å². The highest BCUT2D eigenvalue weighted by atomic mass is 79.9. The molecule has 0 radical (unpaired) electrons. The molecule has 1 heterocycles. The van der Waals surface area contributed by atoms with Gasteiger partial charge in [0.15, 0.2) is 0 Å². The van der Waals surface area contributed by atoms with Gasteiger partial charge in [0.05, 0.1) is 14.2 Å². The van der Waals surface area contributed by atoms with Crippen LogP contribution in [0.1, 0.15) is 16.8 Å². The Balaban J connectivity index is 2.31. The zero-order valence-electron chi connectivity index (χ0n) is 11.0. The van der Waals surface area contributed by atoms with Gasteiger partial charge in [-0.15, -0.1) is 0 Å². The van der Waals surface area contributed by atoms with E-state index in [-0.39, 0.29) is 11.9 Å². The molecule has 6 heteroatoms. The van der Waals surface area contributed by atoms with E-state index in [1.807, 2.05) is 0 Å². The van der Waals surface area contributed by atoms with E-state index >= 15 is 0 Å². The minimum absolute atomic E-state index is 0.0444. The SMILES string of the molecule is COc1cc(C(=O)N2CCC(N)C2)cc(OC)c1Br. The van der Waals surface area contributed by atoms with E-state index in [2.05, 4.69) is 15.9 Å². The summed E-state index contributed by atoms with van der Waals surface area (Å²) in [5, 5.41) is 0. The molecule has 104 valence electrons. The predicted octanol–water partition coefficient (Wildman–Crippen LogP) is 1.64. The van der Waals surface area contributed by atoms with Crippen LogP contribution in [0.3, 0.4) is 0 Å². The number of ether oxygens (including phenoxy) is 2. The summed E-state index contributed by atoms with van der Waals surface area (Å²) >= 11 is 3.38. The van der Waals surface area contributed by atoms with Crippen LogP contribution in [0.4, 0.5) is 0 Å². The van der Waals surface area contributed by atoms with Gasteiger partial charge in [0.25, 0.3) is 5.91 Å². The van der Waals surface area contributed by atoms with Crippen LogP contribution in [0, 0.1) is 0 Å². The summed E-state index contributed by atoms with van der Waals surface area (Å²) in [6.07, 6.45) is 0.844. The van der Waals surface area contributed by atoms with Gasteiger partial charge in [-0.25, -0.2) is 0 Å². The number of nitrogens with zero attached hydrogens (tertiary/aromatic N) is 1. The fourth-order valence-corrected chi connectivity index (χ4v) is 2.70. The minimum Gasteiger partial charge on any atom is -0.495 e. The quantitative estimate of drug-likeness (QED) is 0.916. The van der Waals surface area contributed by atoms with Gasteiger partial charge in [0.2, 0.25) is 0 Å². The number of nitrogens with two attached hydrogens (primary N) is 1. The standard InChI is InChI=1S/C13H17BrN2O3/c1-18-10-5-8(6-11(19-2)12(10)14)13(17)16-4-3-9(15)7-16/h5-6,9H,3-4,7,15H2,1-2H3. The molecule has 1 aliphatic heterocycles. The molecule has 1 fully saturated rings. The van der Waals surface area contributed by atoms with E-state index in [1.54, 1.807) is 31.3 Å². The Morgan fingerprint density at radius 2 is 1.95 bits per heavy atom. The molecule has 1 atom stereocenters. The van der Waals surface area contributed by atoms with Crippen molar-refractivity contribution < 1.29 is 14.3 Å². The maximum absolute atomic E-state index is 12.4. The summed E-state index contributed by atoms with van der Waals surface area (Å²) in [5.74, 6) is 1.11. The summed E-state index contributed by atoms with van der Waals surface area (Å²) < 4.78 is 11.2. The van der Waals surface area contributed by atoms with Crippen molar-refractivity contribution in [3.8, 4) is 11.5 Å². The topological polar surface area (TPSA) is 64.8 Å². The molecule has 2 N–H and O–H groups in total. The van der Waals surface area contributed by atoms with Crippen molar-refractivity contribution in [1.29, 1.82) is 0 Å². The fourth-order valence-electron chi connectivity index (χ4n) is 2.15. The van der Waals surface area contributed by atoms with E-state index < -0.39 is 0 Å². The minimum atomic E-state index is -0.0444. The molecule has 1 aromatic rings. The van der Waals surface area contributed by atoms with Crippen LogP contribution in [0.2, 0.25) is 0 Å². The fraction of sp³-hybridized carbons (Fsp3) is 0.462. The molecule has 1 amide bonds. The third-order valence-corrected chi connectivity index (χ3v) is 3.99. The third kappa shape index (κ3) is 2.84. The van der Waals surface area contributed by atoms with E-state index in [0.29, 0.717) is 34.6 Å². The Morgan fingerprint density at radius 1 is 1.37 bits per heavy atom. The first-order chi connectivity index (χ1) is 9.06. The van der Waals surface area contributed by atoms with Crippen LogP contribution in [-0.2, 0) is 0 Å². The Morgan fingerprint density at radius 3 is 2.37 bits per heavy atom. The van der Waals surface area contributed by atoms with Gasteiger partial charge in [-0.1, -0.05) is 0 Å². The number of benzene rings is 1. The number of carbonyl (C=O) groups is 1. The summed E-state index contributed by atoms with van der Waals surface area (Å²) in [4.78, 5) is 14.1. The van der Waals surface area contributed by atoms with Crippen LogP contribution in [0.25, 0.3) is 0 Å². The van der Waals surface area contributed by atoms with E-state index in [1.165, 1.54) is 0 Å². The van der Waals surface area contributed by atoms with Crippen LogP contribution in [-0.4, -0.2) is 44.2 Å². The lowest BCUT2D eigenvalue weighted by atomic mass is 10.1. The van der Waals surface area contributed by atoms with Gasteiger partial charge >= 0.3 is 0 Å². The van der Waals surface area contributed by atoms with Crippen molar-refractivity contribution in [2.75, 3.05) is 27.3 Å². The molecular weight excluding hydrogens is 312 g/mol. The molecule has 0 saturated carbocycles. The highest BCUT2D eigenvalue weighted by Crippen LogP contribution is 2.36. The maximum atomic E-state index is 12.4. The average Bonchev–Trinajstić information content (AvgIpc) is 2.85. The molecule has 1 aromatic carbocycles. The summed E-state index contributed by atoms with van der Waals surface area (Å²) in [6, 6.07) is 3.49. The molecule has 5 nitrogen and oxygen atoms in total. The normalized spacial score (nSPS) is 18.5. The van der Waals surface area contributed by atoms with Gasteiger partial charge in [-0.05, 0) is 34.5 Å². The first kappa shape index (κ1) is 14.1. The van der Waals surface area contributed by atoms with E-state index in [4.69, 9.17) is 15.2 Å². The van der Waals surface area contributed by atoms with Crippen molar-refractivity contribution in [3.05, 3.63) is 22.2 Å². The van der Waals surface area contributed by atoms with E-state index in [0.717, 1.165) is 6.42 Å². The molecule has 19 heavy (non-hydrogen) atoms. The average molecular weight is 329 g/mol. The number of amides is 1. The predicted molar refractivity (Wildman–Crippen MR) is 75.7 cm³/mol. The Kier molecular flexibility index (Phi) is 4.31. The summed E-state index contributed by atoms with van der Waals surface area (Å²) in [5.41, 5.74) is 6.37. The summed E-state index contributed by atoms with van der Waals surface area (Å²) in [6.45, 7) is 1.29. The number of likely N-dealkylation sites (tertiary alicyclic amines) is 1. The molecule has 0 spiro atoms. The molecule has 0 aliphatic carbocycles. The largest absolute Gasteiger partial charge is 0.495 e. The van der Waals surface area contributed by atoms with Crippen LogP contribution in [0.15, 0.2) is 16.6 Å². The molecule has 0 bridgehead atoms. The molecule has 1 saturated heterocycles. The molecule has 1 unspecified atom stereocenters.